The van der Waals surface area contributed by atoms with E-state index in [9.17, 15) is 9.90 Å². The number of methoxy groups -OCH3 is 1. The van der Waals surface area contributed by atoms with Gasteiger partial charge in [-0.1, -0.05) is 23.7 Å². The van der Waals surface area contributed by atoms with Gasteiger partial charge in [-0.05, 0) is 31.2 Å². The van der Waals surface area contributed by atoms with E-state index in [1.54, 1.807) is 42.5 Å². The van der Waals surface area contributed by atoms with Gasteiger partial charge in [-0.15, -0.1) is 0 Å². The number of carboxylic acids is 1. The molecule has 1 heterocycles. The van der Waals surface area contributed by atoms with Crippen LogP contribution in [0.2, 0.25) is 5.02 Å². The minimum absolute atomic E-state index is 0.151. The Morgan fingerprint density at radius 2 is 1.88 bits per heavy atom. The molecule has 0 saturated heterocycles. The highest BCUT2D eigenvalue weighted by Gasteiger charge is 2.16. The molecule has 0 bridgehead atoms. The van der Waals surface area contributed by atoms with Gasteiger partial charge in [-0.3, -0.25) is 0 Å². The number of halogens is 1. The number of carboxylic acid groups (broad SMARTS) is 1. The normalized spacial score (nSPS) is 10.7. The molecule has 0 atom stereocenters. The minimum Gasteiger partial charge on any atom is -0.493 e. The molecule has 1 aromatic heterocycles. The van der Waals surface area contributed by atoms with Crippen LogP contribution in [0.25, 0.3) is 22.2 Å². The van der Waals surface area contributed by atoms with E-state index in [1.165, 1.54) is 7.11 Å². The van der Waals surface area contributed by atoms with Crippen LogP contribution >= 0.6 is 11.6 Å². The van der Waals surface area contributed by atoms with Gasteiger partial charge in [0.25, 0.3) is 0 Å². The number of fused-ring (bicyclic) bond motifs is 1. The summed E-state index contributed by atoms with van der Waals surface area (Å²) in [6.07, 6.45) is 0. The second kappa shape index (κ2) is 6.99. The number of aromatic carboxylic acids is 1. The van der Waals surface area contributed by atoms with Crippen molar-refractivity contribution < 1.29 is 19.4 Å². The molecular formula is C19H16ClNO4. The predicted octanol–water partition coefficient (Wildman–Crippen LogP) is 4.66. The summed E-state index contributed by atoms with van der Waals surface area (Å²) in [5.41, 5.74) is 2.00. The lowest BCUT2D eigenvalue weighted by Crippen LogP contribution is -2.02. The van der Waals surface area contributed by atoms with Gasteiger partial charge < -0.3 is 14.6 Å². The molecule has 0 amide bonds. The molecule has 1 N–H and O–H groups in total. The first kappa shape index (κ1) is 17.0. The van der Waals surface area contributed by atoms with Crippen molar-refractivity contribution in [2.45, 2.75) is 6.92 Å². The van der Waals surface area contributed by atoms with Gasteiger partial charge in [0.15, 0.2) is 11.5 Å². The van der Waals surface area contributed by atoms with Crippen LogP contribution < -0.4 is 9.47 Å². The Morgan fingerprint density at radius 3 is 2.48 bits per heavy atom. The molecule has 0 radical (unpaired) electrons. The second-order valence-corrected chi connectivity index (χ2v) is 5.76. The molecule has 0 aliphatic heterocycles. The van der Waals surface area contributed by atoms with Gasteiger partial charge in [0.1, 0.15) is 0 Å². The van der Waals surface area contributed by atoms with Crippen LogP contribution in [-0.4, -0.2) is 29.8 Å². The highest BCUT2D eigenvalue weighted by molar-refractivity contribution is 6.30. The van der Waals surface area contributed by atoms with E-state index in [0.29, 0.717) is 39.7 Å². The van der Waals surface area contributed by atoms with Crippen molar-refractivity contribution in [1.29, 1.82) is 0 Å². The Balaban J connectivity index is 2.27. The van der Waals surface area contributed by atoms with E-state index >= 15 is 0 Å². The standard InChI is InChI=1S/C19H16ClNO4/c1-3-25-18-9-13-14(19(22)23)8-15(11-4-6-12(20)7-5-11)21-16(13)10-17(18)24-2/h4-10H,3H2,1-2H3,(H,22,23). The monoisotopic (exact) mass is 357 g/mol. The minimum atomic E-state index is -1.03. The zero-order valence-corrected chi connectivity index (χ0v) is 14.5. The molecule has 5 nitrogen and oxygen atoms in total. The molecule has 0 saturated carbocycles. The van der Waals surface area contributed by atoms with Crippen LogP contribution in [0.3, 0.4) is 0 Å². The van der Waals surface area contributed by atoms with E-state index in [4.69, 9.17) is 21.1 Å². The Kier molecular flexibility index (Phi) is 4.76. The number of hydrogen-bond donors (Lipinski definition) is 1. The third-order valence-corrected chi connectivity index (χ3v) is 4.02. The molecule has 0 spiro atoms. The molecule has 6 heteroatoms. The number of carbonyl (C=O) groups is 1. The van der Waals surface area contributed by atoms with Gasteiger partial charge in [0.05, 0.1) is 30.5 Å². The quantitative estimate of drug-likeness (QED) is 0.719. The van der Waals surface area contributed by atoms with Crippen LogP contribution in [0.5, 0.6) is 11.5 Å². The highest BCUT2D eigenvalue weighted by atomic mass is 35.5. The Morgan fingerprint density at radius 1 is 1.16 bits per heavy atom. The molecule has 2 aromatic carbocycles. The van der Waals surface area contributed by atoms with Crippen LogP contribution in [0.1, 0.15) is 17.3 Å². The molecule has 3 aromatic rings. The fourth-order valence-corrected chi connectivity index (χ4v) is 2.73. The van der Waals surface area contributed by atoms with Crippen LogP contribution in [0, 0.1) is 0 Å². The van der Waals surface area contributed by atoms with Crippen molar-refractivity contribution in [3.05, 3.63) is 53.1 Å². The number of aromatic nitrogens is 1. The van der Waals surface area contributed by atoms with Gasteiger partial charge in [0.2, 0.25) is 0 Å². The highest BCUT2D eigenvalue weighted by Crippen LogP contribution is 2.35. The van der Waals surface area contributed by atoms with Crippen molar-refractivity contribution in [3.8, 4) is 22.8 Å². The summed E-state index contributed by atoms with van der Waals surface area (Å²) in [6, 6.07) is 12.0. The molecule has 128 valence electrons. The summed E-state index contributed by atoms with van der Waals surface area (Å²) in [5, 5.41) is 10.7. The number of nitrogens with zero attached hydrogens (tertiary/aromatic N) is 1. The van der Waals surface area contributed by atoms with Crippen molar-refractivity contribution in [3.63, 3.8) is 0 Å². The Hall–Kier alpha value is -2.79. The molecule has 0 fully saturated rings. The zero-order valence-electron chi connectivity index (χ0n) is 13.7. The third kappa shape index (κ3) is 3.37. The van der Waals surface area contributed by atoms with Gasteiger partial charge in [0, 0.05) is 22.0 Å². The van der Waals surface area contributed by atoms with Crippen molar-refractivity contribution >= 4 is 28.5 Å². The summed E-state index contributed by atoms with van der Waals surface area (Å²) in [7, 11) is 1.53. The first-order valence-electron chi connectivity index (χ1n) is 7.68. The first-order chi connectivity index (χ1) is 12.0. The summed E-state index contributed by atoms with van der Waals surface area (Å²) in [6.45, 7) is 2.30. The van der Waals surface area contributed by atoms with Crippen molar-refractivity contribution in [1.82, 2.24) is 4.98 Å². The number of ether oxygens (including phenoxy) is 2. The molecule has 0 aliphatic rings. The molecule has 0 aliphatic carbocycles. The topological polar surface area (TPSA) is 68.7 Å². The molecule has 25 heavy (non-hydrogen) atoms. The maximum atomic E-state index is 11.8. The fraction of sp³-hybridized carbons (Fsp3) is 0.158. The Labute approximate surface area is 149 Å². The number of benzene rings is 2. The first-order valence-corrected chi connectivity index (χ1v) is 8.06. The molecular weight excluding hydrogens is 342 g/mol. The van der Waals surface area contributed by atoms with Gasteiger partial charge in [-0.25, -0.2) is 9.78 Å². The largest absolute Gasteiger partial charge is 0.493 e. The lowest BCUT2D eigenvalue weighted by Gasteiger charge is -2.13. The Bertz CT molecular complexity index is 938. The lowest BCUT2D eigenvalue weighted by molar-refractivity contribution is 0.0699. The summed E-state index contributed by atoms with van der Waals surface area (Å²) < 4.78 is 10.9. The van der Waals surface area contributed by atoms with Crippen LogP contribution in [0.4, 0.5) is 0 Å². The van der Waals surface area contributed by atoms with Crippen LogP contribution in [-0.2, 0) is 0 Å². The second-order valence-electron chi connectivity index (χ2n) is 5.32. The van der Waals surface area contributed by atoms with Crippen LogP contribution in [0.15, 0.2) is 42.5 Å². The summed E-state index contributed by atoms with van der Waals surface area (Å²) in [5.74, 6) is -0.0392. The lowest BCUT2D eigenvalue weighted by atomic mass is 10.0. The van der Waals surface area contributed by atoms with E-state index in [0.717, 1.165) is 5.56 Å². The van der Waals surface area contributed by atoms with E-state index in [-0.39, 0.29) is 5.56 Å². The fourth-order valence-electron chi connectivity index (χ4n) is 2.61. The third-order valence-electron chi connectivity index (χ3n) is 3.76. The number of rotatable bonds is 5. The maximum Gasteiger partial charge on any atom is 0.336 e. The van der Waals surface area contributed by atoms with Gasteiger partial charge in [-0.2, -0.15) is 0 Å². The predicted molar refractivity (Wildman–Crippen MR) is 96.9 cm³/mol. The smallest absolute Gasteiger partial charge is 0.336 e. The average Bonchev–Trinajstić information content (AvgIpc) is 2.61. The van der Waals surface area contributed by atoms with Gasteiger partial charge >= 0.3 is 5.97 Å². The maximum absolute atomic E-state index is 11.8. The number of hydrogen-bond acceptors (Lipinski definition) is 4. The van der Waals surface area contributed by atoms with E-state index in [2.05, 4.69) is 4.98 Å². The SMILES string of the molecule is CCOc1cc2c(C(=O)O)cc(-c3ccc(Cl)cc3)nc2cc1OC. The summed E-state index contributed by atoms with van der Waals surface area (Å²) in [4.78, 5) is 16.3. The molecule has 0 unspecified atom stereocenters. The van der Waals surface area contributed by atoms with Crippen molar-refractivity contribution in [2.75, 3.05) is 13.7 Å². The molecule has 3 rings (SSSR count). The van der Waals surface area contributed by atoms with Crippen molar-refractivity contribution in [2.24, 2.45) is 0 Å². The van der Waals surface area contributed by atoms with E-state index in [1.807, 2.05) is 6.92 Å². The zero-order chi connectivity index (χ0) is 18.0. The summed E-state index contributed by atoms with van der Waals surface area (Å²) >= 11 is 5.92. The number of pyridine rings is 1. The van der Waals surface area contributed by atoms with E-state index < -0.39 is 5.97 Å². The average molecular weight is 358 g/mol.